The number of carbonyl (C=O) groups excluding carboxylic acids is 1. The van der Waals surface area contributed by atoms with Crippen LogP contribution in [0.25, 0.3) is 0 Å². The summed E-state index contributed by atoms with van der Waals surface area (Å²) in [7, 11) is 1.67. The van der Waals surface area contributed by atoms with Gasteiger partial charge in [-0.15, -0.1) is 0 Å². The summed E-state index contributed by atoms with van der Waals surface area (Å²) in [4.78, 5) is 11.9. The highest BCUT2D eigenvalue weighted by molar-refractivity contribution is 5.76. The van der Waals surface area contributed by atoms with E-state index >= 15 is 0 Å². The molecule has 0 bridgehead atoms. The van der Waals surface area contributed by atoms with E-state index in [1.54, 1.807) is 7.11 Å². The number of carbonyl (C=O) groups is 1. The number of methoxy groups -OCH3 is 1. The molecule has 0 aliphatic heterocycles. The van der Waals surface area contributed by atoms with Gasteiger partial charge in [0.2, 0.25) is 5.91 Å². The molecule has 3 nitrogen and oxygen atoms in total. The topological polar surface area (TPSA) is 38.3 Å². The summed E-state index contributed by atoms with van der Waals surface area (Å²) >= 11 is 0. The highest BCUT2D eigenvalue weighted by atomic mass is 16.5. The monoisotopic (exact) mass is 291 g/mol. The van der Waals surface area contributed by atoms with Crippen LogP contribution < -0.4 is 10.1 Å². The molecule has 0 fully saturated rings. The van der Waals surface area contributed by atoms with Gasteiger partial charge in [0.15, 0.2) is 0 Å². The predicted octanol–water partition coefficient (Wildman–Crippen LogP) is 3.96. The standard InChI is InChI=1S/C18H29NO2/c1-5-6-14(2)13-18(20)19-15(3)7-8-16-9-11-17(21-4)12-10-16/h9-12,14-15H,5-8,13H2,1-4H3,(H,19,20). The van der Waals surface area contributed by atoms with Crippen LogP contribution in [0.1, 0.15) is 52.0 Å². The Hall–Kier alpha value is -1.51. The first kappa shape index (κ1) is 17.5. The van der Waals surface area contributed by atoms with Crippen molar-refractivity contribution >= 4 is 5.91 Å². The Kier molecular flexibility index (Phi) is 7.88. The minimum atomic E-state index is 0.179. The van der Waals surface area contributed by atoms with Gasteiger partial charge in [0.25, 0.3) is 0 Å². The average Bonchev–Trinajstić information content (AvgIpc) is 2.45. The predicted molar refractivity (Wildman–Crippen MR) is 87.6 cm³/mol. The number of rotatable bonds is 9. The van der Waals surface area contributed by atoms with Crippen LogP contribution in [0.15, 0.2) is 24.3 Å². The molecule has 3 heteroatoms. The van der Waals surface area contributed by atoms with Crippen molar-refractivity contribution in [2.75, 3.05) is 7.11 Å². The number of hydrogen-bond donors (Lipinski definition) is 1. The molecule has 1 aromatic rings. The minimum absolute atomic E-state index is 0.179. The Morgan fingerprint density at radius 1 is 1.19 bits per heavy atom. The maximum Gasteiger partial charge on any atom is 0.220 e. The molecule has 0 saturated carbocycles. The highest BCUT2D eigenvalue weighted by Gasteiger charge is 2.11. The van der Waals surface area contributed by atoms with E-state index in [-0.39, 0.29) is 11.9 Å². The van der Waals surface area contributed by atoms with Gasteiger partial charge in [-0.25, -0.2) is 0 Å². The van der Waals surface area contributed by atoms with E-state index in [9.17, 15) is 4.79 Å². The molecule has 2 unspecified atom stereocenters. The van der Waals surface area contributed by atoms with Crippen molar-refractivity contribution in [1.82, 2.24) is 5.32 Å². The molecule has 118 valence electrons. The molecule has 0 aliphatic rings. The third-order valence-electron chi connectivity index (χ3n) is 3.75. The van der Waals surface area contributed by atoms with E-state index in [1.807, 2.05) is 12.1 Å². The molecule has 0 spiro atoms. The average molecular weight is 291 g/mol. The molecule has 1 N–H and O–H groups in total. The van der Waals surface area contributed by atoms with Crippen molar-refractivity contribution in [1.29, 1.82) is 0 Å². The molecular formula is C18H29NO2. The Morgan fingerprint density at radius 3 is 2.43 bits per heavy atom. The van der Waals surface area contributed by atoms with Crippen LogP contribution in [0.4, 0.5) is 0 Å². The number of nitrogens with one attached hydrogen (secondary N) is 1. The quantitative estimate of drug-likeness (QED) is 0.748. The molecule has 1 rings (SSSR count). The third kappa shape index (κ3) is 7.16. The summed E-state index contributed by atoms with van der Waals surface area (Å²) in [5.41, 5.74) is 1.27. The molecular weight excluding hydrogens is 262 g/mol. The lowest BCUT2D eigenvalue weighted by molar-refractivity contribution is -0.122. The zero-order valence-electron chi connectivity index (χ0n) is 13.8. The molecule has 1 aromatic carbocycles. The second-order valence-electron chi connectivity index (χ2n) is 5.95. The van der Waals surface area contributed by atoms with E-state index in [4.69, 9.17) is 4.74 Å². The fourth-order valence-corrected chi connectivity index (χ4v) is 2.49. The number of aryl methyl sites for hydroxylation is 1. The lowest BCUT2D eigenvalue weighted by atomic mass is 10.0. The van der Waals surface area contributed by atoms with Crippen molar-refractivity contribution in [3.05, 3.63) is 29.8 Å². The molecule has 2 atom stereocenters. The van der Waals surface area contributed by atoms with Gasteiger partial charge in [-0.1, -0.05) is 38.8 Å². The van der Waals surface area contributed by atoms with Crippen LogP contribution >= 0.6 is 0 Å². The van der Waals surface area contributed by atoms with E-state index < -0.39 is 0 Å². The summed E-state index contributed by atoms with van der Waals surface area (Å²) in [5.74, 6) is 1.53. The van der Waals surface area contributed by atoms with Crippen molar-refractivity contribution in [2.45, 2.75) is 58.9 Å². The summed E-state index contributed by atoms with van der Waals surface area (Å²) in [6.45, 7) is 6.38. The number of benzene rings is 1. The van der Waals surface area contributed by atoms with Crippen LogP contribution in [0.5, 0.6) is 5.75 Å². The Labute approximate surface area is 129 Å². The van der Waals surface area contributed by atoms with Crippen molar-refractivity contribution < 1.29 is 9.53 Å². The van der Waals surface area contributed by atoms with E-state index in [0.717, 1.165) is 31.4 Å². The first-order valence-corrected chi connectivity index (χ1v) is 7.97. The lowest BCUT2D eigenvalue weighted by Crippen LogP contribution is -2.33. The van der Waals surface area contributed by atoms with Gasteiger partial charge >= 0.3 is 0 Å². The highest BCUT2D eigenvalue weighted by Crippen LogP contribution is 2.14. The number of ether oxygens (including phenoxy) is 1. The van der Waals surface area contributed by atoms with Crippen molar-refractivity contribution in [3.63, 3.8) is 0 Å². The van der Waals surface area contributed by atoms with Crippen LogP contribution in [-0.2, 0) is 11.2 Å². The van der Waals surface area contributed by atoms with Gasteiger partial charge in [-0.05, 0) is 43.4 Å². The SMILES string of the molecule is CCCC(C)CC(=O)NC(C)CCc1ccc(OC)cc1. The van der Waals surface area contributed by atoms with Gasteiger partial charge in [0.1, 0.15) is 5.75 Å². The van der Waals surface area contributed by atoms with Gasteiger partial charge in [0.05, 0.1) is 7.11 Å². The van der Waals surface area contributed by atoms with Gasteiger partial charge in [-0.2, -0.15) is 0 Å². The zero-order chi connectivity index (χ0) is 15.7. The van der Waals surface area contributed by atoms with Gasteiger partial charge < -0.3 is 10.1 Å². The zero-order valence-corrected chi connectivity index (χ0v) is 13.8. The van der Waals surface area contributed by atoms with Gasteiger partial charge in [0, 0.05) is 12.5 Å². The van der Waals surface area contributed by atoms with E-state index in [1.165, 1.54) is 5.56 Å². The summed E-state index contributed by atoms with van der Waals surface area (Å²) in [5, 5.41) is 3.10. The second-order valence-corrected chi connectivity index (χ2v) is 5.95. The third-order valence-corrected chi connectivity index (χ3v) is 3.75. The van der Waals surface area contributed by atoms with Crippen LogP contribution in [0.3, 0.4) is 0 Å². The van der Waals surface area contributed by atoms with E-state index in [0.29, 0.717) is 12.3 Å². The Balaban J connectivity index is 2.29. The van der Waals surface area contributed by atoms with Crippen LogP contribution in [-0.4, -0.2) is 19.1 Å². The molecule has 21 heavy (non-hydrogen) atoms. The van der Waals surface area contributed by atoms with Crippen LogP contribution in [0.2, 0.25) is 0 Å². The molecule has 0 heterocycles. The lowest BCUT2D eigenvalue weighted by Gasteiger charge is -2.16. The number of amides is 1. The number of hydrogen-bond acceptors (Lipinski definition) is 2. The second kappa shape index (κ2) is 9.43. The Morgan fingerprint density at radius 2 is 1.86 bits per heavy atom. The van der Waals surface area contributed by atoms with E-state index in [2.05, 4.69) is 38.2 Å². The maximum atomic E-state index is 11.9. The van der Waals surface area contributed by atoms with Crippen LogP contribution in [0, 0.1) is 5.92 Å². The molecule has 0 radical (unpaired) electrons. The normalized spacial score (nSPS) is 13.5. The molecule has 0 aliphatic carbocycles. The van der Waals surface area contributed by atoms with Crippen molar-refractivity contribution in [2.24, 2.45) is 5.92 Å². The maximum absolute atomic E-state index is 11.9. The summed E-state index contributed by atoms with van der Waals surface area (Å²) in [6.07, 6.45) is 4.83. The smallest absolute Gasteiger partial charge is 0.220 e. The molecule has 0 saturated heterocycles. The fourth-order valence-electron chi connectivity index (χ4n) is 2.49. The summed E-state index contributed by atoms with van der Waals surface area (Å²) < 4.78 is 5.15. The first-order valence-electron chi connectivity index (χ1n) is 7.97. The fraction of sp³-hybridized carbons (Fsp3) is 0.611. The Bertz CT molecular complexity index is 414. The largest absolute Gasteiger partial charge is 0.497 e. The van der Waals surface area contributed by atoms with Gasteiger partial charge in [-0.3, -0.25) is 4.79 Å². The summed E-state index contributed by atoms with van der Waals surface area (Å²) in [6, 6.07) is 8.33. The first-order chi connectivity index (χ1) is 10.0. The minimum Gasteiger partial charge on any atom is -0.497 e. The molecule has 0 aromatic heterocycles. The van der Waals surface area contributed by atoms with Crippen molar-refractivity contribution in [3.8, 4) is 5.75 Å². The molecule has 1 amide bonds.